The Morgan fingerprint density at radius 2 is 1.65 bits per heavy atom. The third-order valence-electron chi connectivity index (χ3n) is 6.01. The van der Waals surface area contributed by atoms with E-state index in [1.807, 2.05) is 48.5 Å². The molecule has 1 unspecified atom stereocenters. The lowest BCUT2D eigenvalue weighted by atomic mass is 9.98. The normalized spacial score (nSPS) is 14.8. The number of aliphatic carboxylic acids is 1. The number of amides is 2. The van der Waals surface area contributed by atoms with Crippen molar-refractivity contribution in [1.29, 1.82) is 0 Å². The lowest BCUT2D eigenvalue weighted by molar-refractivity contribution is -0.142. The van der Waals surface area contributed by atoms with E-state index in [1.165, 1.54) is 7.11 Å². The van der Waals surface area contributed by atoms with Crippen molar-refractivity contribution in [3.63, 3.8) is 0 Å². The maximum absolute atomic E-state index is 12.8. The molecule has 2 aromatic carbocycles. The number of allylic oxidation sites excluding steroid dienone is 1. The number of carbonyl (C=O) groups excluding carboxylic acids is 2. The van der Waals surface area contributed by atoms with E-state index >= 15 is 0 Å². The first-order chi connectivity index (χ1) is 16.4. The summed E-state index contributed by atoms with van der Waals surface area (Å²) < 4.78 is 10.8. The predicted octanol–water partition coefficient (Wildman–Crippen LogP) is 3.46. The molecule has 0 radical (unpaired) electrons. The molecule has 34 heavy (non-hydrogen) atoms. The quantitative estimate of drug-likeness (QED) is 0.437. The average molecular weight is 467 g/mol. The fraction of sp³-hybridized carbons (Fsp3) is 0.346. The molecule has 0 spiro atoms. The third-order valence-corrected chi connectivity index (χ3v) is 6.01. The van der Waals surface area contributed by atoms with Gasteiger partial charge in [-0.05, 0) is 42.0 Å². The number of hydrogen-bond donors (Lipinski definition) is 3. The maximum Gasteiger partial charge on any atom is 0.407 e. The molecular formula is C26H30N2O6. The molecule has 3 N–H and O–H groups in total. The Balaban J connectivity index is 1.67. The van der Waals surface area contributed by atoms with E-state index in [1.54, 1.807) is 13.0 Å². The van der Waals surface area contributed by atoms with Gasteiger partial charge in [0, 0.05) is 13.0 Å². The molecule has 0 aliphatic heterocycles. The molecule has 8 heteroatoms. The van der Waals surface area contributed by atoms with Gasteiger partial charge in [-0.3, -0.25) is 4.79 Å². The summed E-state index contributed by atoms with van der Waals surface area (Å²) in [7, 11) is 1.40. The lowest BCUT2D eigenvalue weighted by Crippen LogP contribution is -2.56. The monoisotopic (exact) mass is 466 g/mol. The minimum absolute atomic E-state index is 0.0899. The molecule has 3 rings (SSSR count). The lowest BCUT2D eigenvalue weighted by Gasteiger charge is -2.25. The van der Waals surface area contributed by atoms with Crippen molar-refractivity contribution < 1.29 is 29.0 Å². The van der Waals surface area contributed by atoms with Crippen molar-refractivity contribution in [2.75, 3.05) is 13.7 Å². The Labute approximate surface area is 199 Å². The second-order valence-electron chi connectivity index (χ2n) is 8.15. The Kier molecular flexibility index (Phi) is 8.43. The molecule has 1 aliphatic carbocycles. The number of alkyl carbamates (subject to hydrolysis) is 1. The maximum atomic E-state index is 12.8. The number of carboxylic acid groups (broad SMARTS) is 1. The van der Waals surface area contributed by atoms with Crippen molar-refractivity contribution in [3.8, 4) is 11.1 Å². The van der Waals surface area contributed by atoms with Gasteiger partial charge in [-0.15, -0.1) is 6.58 Å². The van der Waals surface area contributed by atoms with E-state index in [0.717, 1.165) is 22.3 Å². The highest BCUT2D eigenvalue weighted by Gasteiger charge is 2.32. The first-order valence-corrected chi connectivity index (χ1v) is 11.2. The van der Waals surface area contributed by atoms with Crippen LogP contribution in [0.1, 0.15) is 36.8 Å². The van der Waals surface area contributed by atoms with Crippen LogP contribution >= 0.6 is 0 Å². The zero-order chi connectivity index (χ0) is 24.7. The summed E-state index contributed by atoms with van der Waals surface area (Å²) in [5, 5.41) is 14.4. The SMILES string of the molecule is C=CCCC(NC(=O)[C@@H](NC(=O)OCC1c2ccccc2-c2ccccc21)[C@@H](C)OC)C(=O)O. The first-order valence-electron chi connectivity index (χ1n) is 11.2. The molecule has 180 valence electrons. The van der Waals surface area contributed by atoms with Crippen LogP contribution in [0.15, 0.2) is 61.2 Å². The van der Waals surface area contributed by atoms with Crippen LogP contribution in [-0.2, 0) is 19.1 Å². The second kappa shape index (κ2) is 11.5. The van der Waals surface area contributed by atoms with Crippen LogP contribution in [0.3, 0.4) is 0 Å². The number of benzene rings is 2. The Morgan fingerprint density at radius 3 is 2.18 bits per heavy atom. The Hall–Kier alpha value is -3.65. The number of nitrogens with one attached hydrogen (secondary N) is 2. The first kappa shape index (κ1) is 25.0. The summed E-state index contributed by atoms with van der Waals surface area (Å²) in [5.41, 5.74) is 4.36. The number of ether oxygens (including phenoxy) is 2. The summed E-state index contributed by atoms with van der Waals surface area (Å²) in [5.74, 6) is -1.96. The standard InChI is InChI=1S/C26H30N2O6/c1-4-5-14-22(25(30)31)27-24(29)23(16(2)33-3)28-26(32)34-15-21-19-12-8-6-10-17(19)18-11-7-9-13-20(18)21/h4,6-13,16,21-23H,1,5,14-15H2,2-3H3,(H,27,29)(H,28,32)(H,30,31)/t16-,22?,23+/m1/s1. The summed E-state index contributed by atoms with van der Waals surface area (Å²) in [4.78, 5) is 36.9. The van der Waals surface area contributed by atoms with E-state index in [-0.39, 0.29) is 18.9 Å². The summed E-state index contributed by atoms with van der Waals surface area (Å²) in [6.45, 7) is 5.26. The highest BCUT2D eigenvalue weighted by atomic mass is 16.5. The van der Waals surface area contributed by atoms with Gasteiger partial charge in [0.15, 0.2) is 0 Å². The van der Waals surface area contributed by atoms with Crippen LogP contribution < -0.4 is 10.6 Å². The number of hydrogen-bond acceptors (Lipinski definition) is 5. The summed E-state index contributed by atoms with van der Waals surface area (Å²) in [6, 6.07) is 13.7. The fourth-order valence-corrected chi connectivity index (χ4v) is 4.10. The molecule has 0 aromatic heterocycles. The van der Waals surface area contributed by atoms with Gasteiger partial charge >= 0.3 is 12.1 Å². The highest BCUT2D eigenvalue weighted by molar-refractivity contribution is 5.89. The Bertz CT molecular complexity index is 1010. The van der Waals surface area contributed by atoms with Gasteiger partial charge in [-0.1, -0.05) is 54.6 Å². The summed E-state index contributed by atoms with van der Waals surface area (Å²) >= 11 is 0. The zero-order valence-corrected chi connectivity index (χ0v) is 19.3. The van der Waals surface area contributed by atoms with Gasteiger partial charge in [-0.25, -0.2) is 9.59 Å². The number of carbonyl (C=O) groups is 3. The van der Waals surface area contributed by atoms with Crippen LogP contribution in [0, 0.1) is 0 Å². The van der Waals surface area contributed by atoms with Gasteiger partial charge in [0.25, 0.3) is 0 Å². The average Bonchev–Trinajstić information content (AvgIpc) is 3.16. The molecule has 1 aliphatic rings. The van der Waals surface area contributed by atoms with Gasteiger partial charge < -0.3 is 25.2 Å². The fourth-order valence-electron chi connectivity index (χ4n) is 4.10. The highest BCUT2D eigenvalue weighted by Crippen LogP contribution is 2.44. The van der Waals surface area contributed by atoms with Crippen LogP contribution in [0.2, 0.25) is 0 Å². The molecule has 0 saturated carbocycles. The molecule has 2 aromatic rings. The van der Waals surface area contributed by atoms with E-state index in [0.29, 0.717) is 6.42 Å². The van der Waals surface area contributed by atoms with Gasteiger partial charge in [0.2, 0.25) is 5.91 Å². The van der Waals surface area contributed by atoms with Crippen molar-refractivity contribution >= 4 is 18.0 Å². The largest absolute Gasteiger partial charge is 0.480 e. The smallest absolute Gasteiger partial charge is 0.407 e. The zero-order valence-electron chi connectivity index (χ0n) is 19.3. The summed E-state index contributed by atoms with van der Waals surface area (Å²) in [6.07, 6.45) is 0.676. The van der Waals surface area contributed by atoms with Crippen LogP contribution in [0.4, 0.5) is 4.79 Å². The van der Waals surface area contributed by atoms with Crippen molar-refractivity contribution in [3.05, 3.63) is 72.3 Å². The number of carboxylic acids is 1. The minimum atomic E-state index is -1.17. The van der Waals surface area contributed by atoms with Gasteiger partial charge in [0.05, 0.1) is 6.10 Å². The van der Waals surface area contributed by atoms with E-state index < -0.39 is 36.2 Å². The molecule has 0 heterocycles. The van der Waals surface area contributed by atoms with Crippen LogP contribution in [0.25, 0.3) is 11.1 Å². The molecule has 0 fully saturated rings. The number of rotatable bonds is 11. The van der Waals surface area contributed by atoms with Crippen molar-refractivity contribution in [2.24, 2.45) is 0 Å². The molecule has 3 atom stereocenters. The van der Waals surface area contributed by atoms with E-state index in [4.69, 9.17) is 9.47 Å². The predicted molar refractivity (Wildman–Crippen MR) is 127 cm³/mol. The molecule has 0 saturated heterocycles. The molecule has 2 amide bonds. The molecule has 8 nitrogen and oxygen atoms in total. The second-order valence-corrected chi connectivity index (χ2v) is 8.15. The number of methoxy groups -OCH3 is 1. The topological polar surface area (TPSA) is 114 Å². The molecular weight excluding hydrogens is 436 g/mol. The van der Waals surface area contributed by atoms with E-state index in [2.05, 4.69) is 17.2 Å². The molecule has 0 bridgehead atoms. The third kappa shape index (κ3) is 5.63. The van der Waals surface area contributed by atoms with E-state index in [9.17, 15) is 19.5 Å². The minimum Gasteiger partial charge on any atom is -0.480 e. The van der Waals surface area contributed by atoms with Crippen LogP contribution in [-0.4, -0.2) is 55.0 Å². The van der Waals surface area contributed by atoms with Crippen LogP contribution in [0.5, 0.6) is 0 Å². The van der Waals surface area contributed by atoms with Gasteiger partial charge in [-0.2, -0.15) is 0 Å². The number of fused-ring (bicyclic) bond motifs is 3. The van der Waals surface area contributed by atoms with Gasteiger partial charge in [0.1, 0.15) is 18.7 Å². The van der Waals surface area contributed by atoms with Crippen molar-refractivity contribution in [1.82, 2.24) is 10.6 Å². The van der Waals surface area contributed by atoms with Crippen molar-refractivity contribution in [2.45, 2.75) is 43.9 Å². The Morgan fingerprint density at radius 1 is 1.06 bits per heavy atom.